The Kier molecular flexibility index (Phi) is 6.31. The molecule has 1 rings (SSSR count). The Hall–Kier alpha value is -1.75. The van der Waals surface area contributed by atoms with Crippen molar-refractivity contribution in [3.8, 4) is 11.5 Å². The number of rotatable bonds is 7. The van der Waals surface area contributed by atoms with Crippen molar-refractivity contribution in [2.45, 2.75) is 26.4 Å². The normalized spacial score (nSPS) is 12.1. The van der Waals surface area contributed by atoms with Gasteiger partial charge in [-0.2, -0.15) is 0 Å². The lowest BCUT2D eigenvalue weighted by Crippen LogP contribution is -2.41. The molecule has 0 radical (unpaired) electrons. The van der Waals surface area contributed by atoms with Crippen LogP contribution in [0, 0.1) is 5.92 Å². The average Bonchev–Trinajstić information content (AvgIpc) is 2.46. The van der Waals surface area contributed by atoms with Crippen molar-refractivity contribution in [2.24, 2.45) is 5.92 Å². The van der Waals surface area contributed by atoms with Gasteiger partial charge in [-0.05, 0) is 23.6 Å². The third kappa shape index (κ3) is 4.42. The monoisotopic (exact) mass is 281 g/mol. The van der Waals surface area contributed by atoms with Crippen LogP contribution in [0.25, 0.3) is 0 Å². The van der Waals surface area contributed by atoms with E-state index in [1.165, 1.54) is 7.11 Å². The van der Waals surface area contributed by atoms with Gasteiger partial charge in [0, 0.05) is 12.6 Å². The number of hydrogen-bond acceptors (Lipinski definition) is 5. The molecule has 1 N–H and O–H groups in total. The molecule has 0 fully saturated rings. The molecule has 0 saturated heterocycles. The Morgan fingerprint density at radius 3 is 2.05 bits per heavy atom. The first-order valence-corrected chi connectivity index (χ1v) is 6.55. The van der Waals surface area contributed by atoms with Crippen molar-refractivity contribution in [1.29, 1.82) is 0 Å². The zero-order valence-corrected chi connectivity index (χ0v) is 12.7. The molecule has 112 valence electrons. The van der Waals surface area contributed by atoms with Gasteiger partial charge < -0.3 is 19.5 Å². The maximum Gasteiger partial charge on any atom is 0.323 e. The minimum absolute atomic E-state index is 0.148. The third-order valence-corrected chi connectivity index (χ3v) is 3.06. The highest BCUT2D eigenvalue weighted by atomic mass is 16.5. The summed E-state index contributed by atoms with van der Waals surface area (Å²) < 4.78 is 15.2. The SMILES string of the molecule is COC(=O)[C@@H](NCc1cc(OC)cc(OC)c1)C(C)C. The predicted octanol–water partition coefficient (Wildman–Crippen LogP) is 1.99. The summed E-state index contributed by atoms with van der Waals surface area (Å²) in [4.78, 5) is 11.7. The van der Waals surface area contributed by atoms with Gasteiger partial charge in [-0.15, -0.1) is 0 Å². The fourth-order valence-electron chi connectivity index (χ4n) is 1.91. The Balaban J connectivity index is 2.79. The van der Waals surface area contributed by atoms with Crippen LogP contribution in [-0.2, 0) is 16.1 Å². The molecule has 0 saturated carbocycles. The molecule has 0 spiro atoms. The molecule has 0 unspecified atom stereocenters. The summed E-state index contributed by atoms with van der Waals surface area (Å²) in [5, 5.41) is 3.20. The molecule has 1 atom stereocenters. The highest BCUT2D eigenvalue weighted by Gasteiger charge is 2.22. The van der Waals surface area contributed by atoms with Crippen LogP contribution >= 0.6 is 0 Å². The van der Waals surface area contributed by atoms with E-state index in [1.54, 1.807) is 14.2 Å². The summed E-state index contributed by atoms with van der Waals surface area (Å²) in [6.45, 7) is 4.48. The van der Waals surface area contributed by atoms with Crippen LogP contribution in [0.15, 0.2) is 18.2 Å². The number of nitrogens with one attached hydrogen (secondary N) is 1. The number of esters is 1. The van der Waals surface area contributed by atoms with E-state index < -0.39 is 0 Å². The maximum atomic E-state index is 11.7. The summed E-state index contributed by atoms with van der Waals surface area (Å²) >= 11 is 0. The summed E-state index contributed by atoms with van der Waals surface area (Å²) in [6.07, 6.45) is 0. The smallest absolute Gasteiger partial charge is 0.323 e. The zero-order chi connectivity index (χ0) is 15.1. The number of ether oxygens (including phenoxy) is 3. The summed E-state index contributed by atoms with van der Waals surface area (Å²) in [7, 11) is 4.61. The Morgan fingerprint density at radius 1 is 1.10 bits per heavy atom. The van der Waals surface area contributed by atoms with Gasteiger partial charge in [0.1, 0.15) is 17.5 Å². The first-order chi connectivity index (χ1) is 9.51. The van der Waals surface area contributed by atoms with Crippen LogP contribution in [0.3, 0.4) is 0 Å². The first kappa shape index (κ1) is 16.3. The van der Waals surface area contributed by atoms with Crippen molar-refractivity contribution in [3.63, 3.8) is 0 Å². The highest BCUT2D eigenvalue weighted by molar-refractivity contribution is 5.75. The van der Waals surface area contributed by atoms with E-state index in [0.29, 0.717) is 6.54 Å². The molecule has 20 heavy (non-hydrogen) atoms. The molecular formula is C15H23NO4. The standard InChI is InChI=1S/C15H23NO4/c1-10(2)14(15(17)20-5)16-9-11-6-12(18-3)8-13(7-11)19-4/h6-8,10,14,16H,9H2,1-5H3/t14-/m0/s1. The Bertz CT molecular complexity index is 423. The fraction of sp³-hybridized carbons (Fsp3) is 0.533. The van der Waals surface area contributed by atoms with Gasteiger partial charge in [0.05, 0.1) is 21.3 Å². The van der Waals surface area contributed by atoms with Crippen LogP contribution < -0.4 is 14.8 Å². The van der Waals surface area contributed by atoms with Gasteiger partial charge in [0.15, 0.2) is 0 Å². The first-order valence-electron chi connectivity index (χ1n) is 6.55. The quantitative estimate of drug-likeness (QED) is 0.775. The van der Waals surface area contributed by atoms with Crippen molar-refractivity contribution < 1.29 is 19.0 Å². The van der Waals surface area contributed by atoms with Crippen molar-refractivity contribution >= 4 is 5.97 Å². The number of carbonyl (C=O) groups is 1. The van der Waals surface area contributed by atoms with Crippen LogP contribution in [-0.4, -0.2) is 33.3 Å². The lowest BCUT2D eigenvalue weighted by Gasteiger charge is -2.20. The topological polar surface area (TPSA) is 56.8 Å². The van der Waals surface area contributed by atoms with E-state index in [9.17, 15) is 4.79 Å². The Labute approximate surface area is 120 Å². The molecule has 0 aliphatic heterocycles. The fourth-order valence-corrected chi connectivity index (χ4v) is 1.91. The lowest BCUT2D eigenvalue weighted by atomic mass is 10.0. The molecule has 5 nitrogen and oxygen atoms in total. The van der Waals surface area contributed by atoms with Crippen molar-refractivity contribution in [3.05, 3.63) is 23.8 Å². The molecule has 5 heteroatoms. The van der Waals surface area contributed by atoms with Crippen LogP contribution in [0.1, 0.15) is 19.4 Å². The average molecular weight is 281 g/mol. The van der Waals surface area contributed by atoms with Crippen molar-refractivity contribution in [2.75, 3.05) is 21.3 Å². The predicted molar refractivity (Wildman–Crippen MR) is 77.0 cm³/mol. The number of methoxy groups -OCH3 is 3. The molecule has 0 aliphatic carbocycles. The molecule has 1 aromatic rings. The van der Waals surface area contributed by atoms with Gasteiger partial charge in [-0.3, -0.25) is 4.79 Å². The van der Waals surface area contributed by atoms with Gasteiger partial charge in [-0.1, -0.05) is 13.8 Å². The largest absolute Gasteiger partial charge is 0.497 e. The maximum absolute atomic E-state index is 11.7. The molecule has 0 heterocycles. The third-order valence-electron chi connectivity index (χ3n) is 3.06. The molecule has 0 aliphatic rings. The van der Waals surface area contributed by atoms with Crippen LogP contribution in [0.2, 0.25) is 0 Å². The summed E-state index contributed by atoms with van der Waals surface area (Å²) in [5.41, 5.74) is 0.982. The molecule has 0 bridgehead atoms. The van der Waals surface area contributed by atoms with E-state index in [0.717, 1.165) is 17.1 Å². The van der Waals surface area contributed by atoms with Gasteiger partial charge in [0.25, 0.3) is 0 Å². The van der Waals surface area contributed by atoms with Crippen molar-refractivity contribution in [1.82, 2.24) is 5.32 Å². The lowest BCUT2D eigenvalue weighted by molar-refractivity contribution is -0.144. The minimum atomic E-state index is -0.336. The summed E-state index contributed by atoms with van der Waals surface area (Å²) in [5.74, 6) is 1.34. The van der Waals surface area contributed by atoms with E-state index in [1.807, 2.05) is 32.0 Å². The number of hydrogen-bond donors (Lipinski definition) is 1. The second-order valence-electron chi connectivity index (χ2n) is 4.85. The van der Waals surface area contributed by atoms with Crippen LogP contribution in [0.4, 0.5) is 0 Å². The number of benzene rings is 1. The summed E-state index contributed by atoms with van der Waals surface area (Å²) in [6, 6.07) is 5.29. The molecular weight excluding hydrogens is 258 g/mol. The Morgan fingerprint density at radius 2 is 1.65 bits per heavy atom. The zero-order valence-electron chi connectivity index (χ0n) is 12.7. The number of carbonyl (C=O) groups excluding carboxylic acids is 1. The van der Waals surface area contributed by atoms with Crippen LogP contribution in [0.5, 0.6) is 11.5 Å². The second kappa shape index (κ2) is 7.75. The molecule has 0 amide bonds. The van der Waals surface area contributed by atoms with E-state index >= 15 is 0 Å². The molecule has 0 aromatic heterocycles. The van der Waals surface area contributed by atoms with Gasteiger partial charge in [0.2, 0.25) is 0 Å². The molecule has 1 aromatic carbocycles. The van der Waals surface area contributed by atoms with E-state index in [2.05, 4.69) is 5.32 Å². The second-order valence-corrected chi connectivity index (χ2v) is 4.85. The van der Waals surface area contributed by atoms with Gasteiger partial charge >= 0.3 is 5.97 Å². The van der Waals surface area contributed by atoms with Gasteiger partial charge in [-0.25, -0.2) is 0 Å². The van der Waals surface area contributed by atoms with E-state index in [4.69, 9.17) is 14.2 Å². The van der Waals surface area contributed by atoms with E-state index in [-0.39, 0.29) is 17.9 Å². The minimum Gasteiger partial charge on any atom is -0.497 e. The highest BCUT2D eigenvalue weighted by Crippen LogP contribution is 2.22.